The maximum atomic E-state index is 5.68. The fraction of sp³-hybridized carbons (Fsp3) is 0.429. The highest BCUT2D eigenvalue weighted by molar-refractivity contribution is 5.43. The number of benzene rings is 1. The topological polar surface area (TPSA) is 69.4 Å². The number of ether oxygens (including phenoxy) is 2. The van der Waals surface area contributed by atoms with E-state index in [1.165, 1.54) is 0 Å². The Bertz CT molecular complexity index is 554. The third-order valence-corrected chi connectivity index (χ3v) is 2.61. The molecular weight excluding hydrogens is 258 g/mol. The summed E-state index contributed by atoms with van der Waals surface area (Å²) >= 11 is 0. The number of aryl methyl sites for hydroxylation is 1. The van der Waals surface area contributed by atoms with E-state index in [0.29, 0.717) is 24.1 Å². The van der Waals surface area contributed by atoms with Crippen LogP contribution in [0, 0.1) is 6.92 Å². The molecule has 6 heteroatoms. The third-order valence-electron chi connectivity index (χ3n) is 2.61. The summed E-state index contributed by atoms with van der Waals surface area (Å²) in [6.45, 7) is 5.28. The minimum Gasteiger partial charge on any atom is -0.490 e. The molecule has 0 saturated heterocycles. The summed E-state index contributed by atoms with van der Waals surface area (Å²) in [6, 6.07) is 5.85. The van der Waals surface area contributed by atoms with Crippen LogP contribution >= 0.6 is 0 Å². The molecule has 20 heavy (non-hydrogen) atoms. The van der Waals surface area contributed by atoms with Gasteiger partial charge in [0.25, 0.3) is 5.89 Å². The van der Waals surface area contributed by atoms with Gasteiger partial charge in [-0.15, -0.1) is 10.2 Å². The first-order valence-electron chi connectivity index (χ1n) is 6.55. The second kappa shape index (κ2) is 6.91. The highest BCUT2D eigenvalue weighted by Gasteiger charge is 2.09. The summed E-state index contributed by atoms with van der Waals surface area (Å²) in [7, 11) is 1.91. The van der Waals surface area contributed by atoms with Gasteiger partial charge in [-0.2, -0.15) is 0 Å². The normalized spacial score (nSPS) is 10.6. The van der Waals surface area contributed by atoms with Crippen LogP contribution < -0.4 is 14.8 Å². The molecule has 0 aliphatic heterocycles. The van der Waals surface area contributed by atoms with Crippen molar-refractivity contribution in [2.24, 2.45) is 0 Å². The molecule has 2 rings (SSSR count). The average molecular weight is 277 g/mol. The van der Waals surface area contributed by atoms with E-state index < -0.39 is 0 Å². The largest absolute Gasteiger partial charge is 0.490 e. The van der Waals surface area contributed by atoms with Crippen molar-refractivity contribution in [3.05, 3.63) is 35.5 Å². The Morgan fingerprint density at radius 1 is 1.20 bits per heavy atom. The molecule has 0 unspecified atom stereocenters. The quantitative estimate of drug-likeness (QED) is 0.835. The maximum Gasteiger partial charge on any atom is 0.253 e. The van der Waals surface area contributed by atoms with Gasteiger partial charge >= 0.3 is 0 Å². The van der Waals surface area contributed by atoms with Gasteiger partial charge in [0.15, 0.2) is 18.1 Å². The molecule has 0 aliphatic carbocycles. The standard InChI is InChI=1S/C14H19N3O3/c1-4-18-13-7-11(8-15-3)5-6-12(13)19-9-14-17-16-10(2)20-14/h5-7,15H,4,8-9H2,1-3H3. The van der Waals surface area contributed by atoms with Crippen molar-refractivity contribution >= 4 is 0 Å². The Balaban J connectivity index is 2.09. The van der Waals surface area contributed by atoms with Crippen LogP contribution in [0.2, 0.25) is 0 Å². The summed E-state index contributed by atoms with van der Waals surface area (Å²) < 4.78 is 16.5. The first-order chi connectivity index (χ1) is 9.72. The minimum absolute atomic E-state index is 0.228. The Morgan fingerprint density at radius 3 is 2.70 bits per heavy atom. The number of aromatic nitrogens is 2. The highest BCUT2D eigenvalue weighted by atomic mass is 16.5. The lowest BCUT2D eigenvalue weighted by Gasteiger charge is -2.12. The van der Waals surface area contributed by atoms with Crippen molar-refractivity contribution < 1.29 is 13.9 Å². The predicted molar refractivity (Wildman–Crippen MR) is 73.7 cm³/mol. The number of hydrogen-bond acceptors (Lipinski definition) is 6. The van der Waals surface area contributed by atoms with E-state index in [2.05, 4.69) is 15.5 Å². The summed E-state index contributed by atoms with van der Waals surface area (Å²) in [5, 5.41) is 10.8. The van der Waals surface area contributed by atoms with Crippen LogP contribution in [0.5, 0.6) is 11.5 Å². The molecule has 0 spiro atoms. The zero-order valence-electron chi connectivity index (χ0n) is 12.0. The lowest BCUT2D eigenvalue weighted by molar-refractivity contribution is 0.240. The van der Waals surface area contributed by atoms with Crippen molar-refractivity contribution in [1.82, 2.24) is 15.5 Å². The van der Waals surface area contributed by atoms with Gasteiger partial charge in [0.2, 0.25) is 5.89 Å². The van der Waals surface area contributed by atoms with Crippen LogP contribution in [-0.4, -0.2) is 23.9 Å². The fourth-order valence-electron chi connectivity index (χ4n) is 1.79. The first-order valence-corrected chi connectivity index (χ1v) is 6.55. The molecule has 0 radical (unpaired) electrons. The molecule has 1 N–H and O–H groups in total. The number of nitrogens with zero attached hydrogens (tertiary/aromatic N) is 2. The van der Waals surface area contributed by atoms with E-state index in [9.17, 15) is 0 Å². The second-order valence-corrected chi connectivity index (χ2v) is 4.25. The summed E-state index contributed by atoms with van der Waals surface area (Å²) in [5.74, 6) is 2.36. The summed E-state index contributed by atoms with van der Waals surface area (Å²) in [4.78, 5) is 0. The van der Waals surface area contributed by atoms with Crippen molar-refractivity contribution in [3.63, 3.8) is 0 Å². The Labute approximate surface area is 118 Å². The second-order valence-electron chi connectivity index (χ2n) is 4.25. The number of hydrogen-bond donors (Lipinski definition) is 1. The van der Waals surface area contributed by atoms with Gasteiger partial charge in [-0.25, -0.2) is 0 Å². The minimum atomic E-state index is 0.228. The summed E-state index contributed by atoms with van der Waals surface area (Å²) in [6.07, 6.45) is 0. The molecule has 0 amide bonds. The van der Waals surface area contributed by atoms with E-state index in [0.717, 1.165) is 17.9 Å². The molecule has 2 aromatic rings. The third kappa shape index (κ3) is 3.71. The van der Waals surface area contributed by atoms with Crippen molar-refractivity contribution in [1.29, 1.82) is 0 Å². The highest BCUT2D eigenvalue weighted by Crippen LogP contribution is 2.29. The molecule has 1 aromatic heterocycles. The summed E-state index contributed by atoms with van der Waals surface area (Å²) in [5.41, 5.74) is 1.14. The van der Waals surface area contributed by atoms with E-state index in [1.807, 2.05) is 32.2 Å². The molecule has 1 heterocycles. The number of rotatable bonds is 7. The van der Waals surface area contributed by atoms with Gasteiger partial charge in [0.05, 0.1) is 6.61 Å². The Kier molecular flexibility index (Phi) is 4.95. The molecule has 0 atom stereocenters. The predicted octanol–water partition coefficient (Wildman–Crippen LogP) is 2.08. The average Bonchev–Trinajstić information content (AvgIpc) is 2.84. The SMILES string of the molecule is CCOc1cc(CNC)ccc1OCc1nnc(C)o1. The molecule has 1 aromatic carbocycles. The van der Waals surface area contributed by atoms with Gasteiger partial charge in [-0.05, 0) is 31.7 Å². The van der Waals surface area contributed by atoms with E-state index in [-0.39, 0.29) is 6.61 Å². The fourth-order valence-corrected chi connectivity index (χ4v) is 1.79. The van der Waals surface area contributed by atoms with Gasteiger partial charge < -0.3 is 19.2 Å². The van der Waals surface area contributed by atoms with Crippen LogP contribution in [0.1, 0.15) is 24.3 Å². The molecule has 0 fully saturated rings. The van der Waals surface area contributed by atoms with E-state index in [4.69, 9.17) is 13.9 Å². The van der Waals surface area contributed by atoms with Gasteiger partial charge in [0.1, 0.15) is 0 Å². The lowest BCUT2D eigenvalue weighted by Crippen LogP contribution is -2.06. The van der Waals surface area contributed by atoms with Crippen molar-refractivity contribution in [3.8, 4) is 11.5 Å². The molecule has 0 aliphatic rings. The molecule has 108 valence electrons. The monoisotopic (exact) mass is 277 g/mol. The Hall–Kier alpha value is -2.08. The van der Waals surface area contributed by atoms with Crippen molar-refractivity contribution in [2.45, 2.75) is 27.0 Å². The van der Waals surface area contributed by atoms with Crippen molar-refractivity contribution in [2.75, 3.05) is 13.7 Å². The molecular formula is C14H19N3O3. The van der Waals surface area contributed by atoms with Gasteiger partial charge in [-0.1, -0.05) is 6.07 Å². The van der Waals surface area contributed by atoms with Crippen LogP contribution in [0.4, 0.5) is 0 Å². The Morgan fingerprint density at radius 2 is 2.05 bits per heavy atom. The van der Waals surface area contributed by atoms with E-state index >= 15 is 0 Å². The smallest absolute Gasteiger partial charge is 0.253 e. The van der Waals surface area contributed by atoms with Crippen LogP contribution in [0.25, 0.3) is 0 Å². The lowest BCUT2D eigenvalue weighted by atomic mass is 10.2. The molecule has 6 nitrogen and oxygen atoms in total. The zero-order valence-corrected chi connectivity index (χ0v) is 12.0. The van der Waals surface area contributed by atoms with Gasteiger partial charge in [-0.3, -0.25) is 0 Å². The van der Waals surface area contributed by atoms with Gasteiger partial charge in [0, 0.05) is 13.5 Å². The molecule has 0 bridgehead atoms. The zero-order chi connectivity index (χ0) is 14.4. The van der Waals surface area contributed by atoms with Crippen LogP contribution in [0.15, 0.2) is 22.6 Å². The maximum absolute atomic E-state index is 5.68. The van der Waals surface area contributed by atoms with E-state index in [1.54, 1.807) is 6.92 Å². The van der Waals surface area contributed by atoms with Crippen LogP contribution in [0.3, 0.4) is 0 Å². The van der Waals surface area contributed by atoms with Crippen LogP contribution in [-0.2, 0) is 13.2 Å². The number of nitrogens with one attached hydrogen (secondary N) is 1. The first kappa shape index (κ1) is 14.3. The molecule has 0 saturated carbocycles.